The number of ether oxygens (including phenoxy) is 1. The molecule has 1 unspecified atom stereocenters. The summed E-state index contributed by atoms with van der Waals surface area (Å²) in [6.07, 6.45) is 4.12. The summed E-state index contributed by atoms with van der Waals surface area (Å²) in [7, 11) is 0. The number of nitrogens with zero attached hydrogens (tertiary/aromatic N) is 1. The normalized spacial score (nSPS) is 18.9. The van der Waals surface area contributed by atoms with Crippen molar-refractivity contribution in [1.29, 1.82) is 0 Å². The lowest BCUT2D eigenvalue weighted by atomic mass is 10.1. The Morgan fingerprint density at radius 1 is 1.22 bits per heavy atom. The third-order valence-electron chi connectivity index (χ3n) is 3.21. The Bertz CT molecular complexity index is 238. The van der Waals surface area contributed by atoms with Crippen molar-refractivity contribution in [3.05, 3.63) is 0 Å². The molecular formula is C14H28N2O2. The second-order valence-electron chi connectivity index (χ2n) is 5.63. The number of piperidine rings is 1. The molecule has 0 aromatic heterocycles. The van der Waals surface area contributed by atoms with Crippen molar-refractivity contribution in [2.24, 2.45) is 5.92 Å². The van der Waals surface area contributed by atoms with Gasteiger partial charge in [0.05, 0.1) is 6.10 Å². The average molecular weight is 256 g/mol. The highest BCUT2D eigenvalue weighted by Gasteiger charge is 2.14. The molecule has 0 saturated carbocycles. The van der Waals surface area contributed by atoms with Crippen LogP contribution in [0.1, 0.15) is 40.0 Å². The quantitative estimate of drug-likeness (QED) is 0.753. The maximum Gasteiger partial charge on any atom is 0.246 e. The Labute approximate surface area is 111 Å². The van der Waals surface area contributed by atoms with Crippen molar-refractivity contribution >= 4 is 5.91 Å². The van der Waals surface area contributed by atoms with Gasteiger partial charge < -0.3 is 15.0 Å². The summed E-state index contributed by atoms with van der Waals surface area (Å²) >= 11 is 0. The summed E-state index contributed by atoms with van der Waals surface area (Å²) in [6.45, 7) is 10.5. The minimum atomic E-state index is -0.00538. The van der Waals surface area contributed by atoms with Crippen LogP contribution in [0.2, 0.25) is 0 Å². The summed E-state index contributed by atoms with van der Waals surface area (Å²) < 4.78 is 5.26. The summed E-state index contributed by atoms with van der Waals surface area (Å²) in [5.41, 5.74) is 0. The zero-order valence-corrected chi connectivity index (χ0v) is 12.1. The molecule has 0 spiro atoms. The Hall–Kier alpha value is -0.610. The van der Waals surface area contributed by atoms with Gasteiger partial charge in [-0.3, -0.25) is 4.79 Å². The number of hydrogen-bond acceptors (Lipinski definition) is 3. The van der Waals surface area contributed by atoms with Gasteiger partial charge in [-0.15, -0.1) is 0 Å². The zero-order valence-electron chi connectivity index (χ0n) is 12.1. The lowest BCUT2D eigenvalue weighted by molar-refractivity contribution is -0.127. The van der Waals surface area contributed by atoms with Gasteiger partial charge in [0.1, 0.15) is 6.61 Å². The van der Waals surface area contributed by atoms with Gasteiger partial charge in [-0.25, -0.2) is 0 Å². The van der Waals surface area contributed by atoms with Crippen molar-refractivity contribution < 1.29 is 9.53 Å². The molecule has 18 heavy (non-hydrogen) atoms. The third kappa shape index (κ3) is 6.97. The topological polar surface area (TPSA) is 41.6 Å². The van der Waals surface area contributed by atoms with E-state index in [2.05, 4.69) is 17.1 Å². The fourth-order valence-corrected chi connectivity index (χ4v) is 2.23. The summed E-state index contributed by atoms with van der Waals surface area (Å²) in [4.78, 5) is 14.0. The zero-order chi connectivity index (χ0) is 13.4. The van der Waals surface area contributed by atoms with E-state index >= 15 is 0 Å². The Balaban J connectivity index is 2.08. The highest BCUT2D eigenvalue weighted by Crippen LogP contribution is 2.10. The van der Waals surface area contributed by atoms with Gasteiger partial charge in [0.15, 0.2) is 0 Å². The predicted molar refractivity (Wildman–Crippen MR) is 73.6 cm³/mol. The molecular weight excluding hydrogens is 228 g/mol. The Morgan fingerprint density at radius 2 is 1.89 bits per heavy atom. The molecule has 1 rings (SSSR count). The average Bonchev–Trinajstić information content (AvgIpc) is 2.35. The van der Waals surface area contributed by atoms with Gasteiger partial charge >= 0.3 is 0 Å². The van der Waals surface area contributed by atoms with Crippen LogP contribution in [0, 0.1) is 5.92 Å². The van der Waals surface area contributed by atoms with E-state index in [1.54, 1.807) is 0 Å². The fraction of sp³-hybridized carbons (Fsp3) is 0.929. The monoisotopic (exact) mass is 256 g/mol. The van der Waals surface area contributed by atoms with Crippen LogP contribution < -0.4 is 5.32 Å². The molecule has 1 atom stereocenters. The Morgan fingerprint density at radius 3 is 2.50 bits per heavy atom. The van der Waals surface area contributed by atoms with E-state index in [9.17, 15) is 4.79 Å². The van der Waals surface area contributed by atoms with Gasteiger partial charge in [-0.1, -0.05) is 13.3 Å². The van der Waals surface area contributed by atoms with E-state index < -0.39 is 0 Å². The number of amides is 1. The predicted octanol–water partition coefficient (Wildman–Crippen LogP) is 1.65. The number of hydrogen-bond donors (Lipinski definition) is 1. The summed E-state index contributed by atoms with van der Waals surface area (Å²) in [5, 5.41) is 2.94. The first-order chi connectivity index (χ1) is 8.58. The van der Waals surface area contributed by atoms with Crippen molar-refractivity contribution in [3.63, 3.8) is 0 Å². The number of rotatable bonds is 7. The van der Waals surface area contributed by atoms with Crippen LogP contribution in [0.5, 0.6) is 0 Å². The lowest BCUT2D eigenvalue weighted by Crippen LogP contribution is -2.39. The van der Waals surface area contributed by atoms with Crippen LogP contribution in [0.15, 0.2) is 0 Å². The fourth-order valence-electron chi connectivity index (χ4n) is 2.23. The second-order valence-corrected chi connectivity index (χ2v) is 5.63. The summed E-state index contributed by atoms with van der Waals surface area (Å²) in [6, 6.07) is 0. The van der Waals surface area contributed by atoms with Gasteiger partial charge in [0.2, 0.25) is 5.91 Å². The SMILES string of the molecule is CC(CNC(=O)COC(C)C)CN1CCCCC1. The molecule has 1 aliphatic rings. The smallest absolute Gasteiger partial charge is 0.246 e. The van der Waals surface area contributed by atoms with E-state index in [1.807, 2.05) is 13.8 Å². The molecule has 0 bridgehead atoms. The number of likely N-dealkylation sites (tertiary alicyclic amines) is 1. The van der Waals surface area contributed by atoms with Gasteiger partial charge in [0.25, 0.3) is 0 Å². The molecule has 0 aliphatic carbocycles. The van der Waals surface area contributed by atoms with Crippen LogP contribution in [0.3, 0.4) is 0 Å². The number of nitrogens with one attached hydrogen (secondary N) is 1. The van der Waals surface area contributed by atoms with E-state index in [-0.39, 0.29) is 18.6 Å². The van der Waals surface area contributed by atoms with Gasteiger partial charge in [-0.2, -0.15) is 0 Å². The van der Waals surface area contributed by atoms with E-state index in [1.165, 1.54) is 32.4 Å². The van der Waals surface area contributed by atoms with Gasteiger partial charge in [-0.05, 0) is 45.7 Å². The molecule has 0 aromatic carbocycles. The largest absolute Gasteiger partial charge is 0.369 e. The number of carbonyl (C=O) groups is 1. The number of carbonyl (C=O) groups excluding carboxylic acids is 1. The molecule has 1 N–H and O–H groups in total. The highest BCUT2D eigenvalue weighted by atomic mass is 16.5. The third-order valence-corrected chi connectivity index (χ3v) is 3.21. The Kier molecular flexibility index (Phi) is 7.28. The van der Waals surface area contributed by atoms with Crippen molar-refractivity contribution in [1.82, 2.24) is 10.2 Å². The molecule has 1 amide bonds. The second kappa shape index (κ2) is 8.48. The molecule has 106 valence electrons. The maximum absolute atomic E-state index is 11.5. The molecule has 1 aliphatic heterocycles. The van der Waals surface area contributed by atoms with Crippen molar-refractivity contribution in [2.75, 3.05) is 32.8 Å². The van der Waals surface area contributed by atoms with E-state index in [0.29, 0.717) is 5.92 Å². The molecule has 0 aromatic rings. The summed E-state index contributed by atoms with van der Waals surface area (Å²) in [5.74, 6) is 0.500. The van der Waals surface area contributed by atoms with Gasteiger partial charge in [0, 0.05) is 13.1 Å². The molecule has 1 saturated heterocycles. The first-order valence-corrected chi connectivity index (χ1v) is 7.18. The first kappa shape index (κ1) is 15.4. The van der Waals surface area contributed by atoms with Crippen LogP contribution in [-0.2, 0) is 9.53 Å². The maximum atomic E-state index is 11.5. The molecule has 1 fully saturated rings. The molecule has 4 heteroatoms. The minimum absolute atomic E-state index is 0.00538. The van der Waals surface area contributed by atoms with Crippen molar-refractivity contribution in [2.45, 2.75) is 46.1 Å². The van der Waals surface area contributed by atoms with Crippen LogP contribution in [0.25, 0.3) is 0 Å². The van der Waals surface area contributed by atoms with E-state index in [4.69, 9.17) is 4.74 Å². The standard InChI is InChI=1S/C14H28N2O2/c1-12(2)18-11-14(17)15-9-13(3)10-16-7-5-4-6-8-16/h12-13H,4-11H2,1-3H3,(H,15,17). The van der Waals surface area contributed by atoms with Crippen LogP contribution >= 0.6 is 0 Å². The molecule has 4 nitrogen and oxygen atoms in total. The lowest BCUT2D eigenvalue weighted by Gasteiger charge is -2.29. The van der Waals surface area contributed by atoms with E-state index in [0.717, 1.165) is 13.1 Å². The van der Waals surface area contributed by atoms with Crippen LogP contribution in [-0.4, -0.2) is 49.7 Å². The molecule has 0 radical (unpaired) electrons. The highest BCUT2D eigenvalue weighted by molar-refractivity contribution is 5.77. The first-order valence-electron chi connectivity index (χ1n) is 7.18. The van der Waals surface area contributed by atoms with Crippen molar-refractivity contribution in [3.8, 4) is 0 Å². The molecule has 1 heterocycles. The van der Waals surface area contributed by atoms with Crippen LogP contribution in [0.4, 0.5) is 0 Å². The minimum Gasteiger partial charge on any atom is -0.369 e.